The summed E-state index contributed by atoms with van der Waals surface area (Å²) in [6, 6.07) is 9.46. The van der Waals surface area contributed by atoms with Gasteiger partial charge in [-0.3, -0.25) is 9.59 Å². The first-order valence-corrected chi connectivity index (χ1v) is 10.1. The SMILES string of the molecule is CCN(CC)CCN1C(=O)C(=O)/C(=C(/O)c2ccc(OC)cc2)[C@H]1c1ccc(C)o1. The lowest BCUT2D eigenvalue weighted by Gasteiger charge is -2.26. The topological polar surface area (TPSA) is 83.2 Å². The molecule has 2 heterocycles. The van der Waals surface area contributed by atoms with Crippen molar-refractivity contribution in [2.45, 2.75) is 26.8 Å². The van der Waals surface area contributed by atoms with Gasteiger partial charge in [0.2, 0.25) is 0 Å². The Labute approximate surface area is 176 Å². The molecule has 1 N–H and O–H groups in total. The van der Waals surface area contributed by atoms with Crippen LogP contribution in [0, 0.1) is 6.92 Å². The van der Waals surface area contributed by atoms with Gasteiger partial charge in [-0.05, 0) is 56.4 Å². The lowest BCUT2D eigenvalue weighted by atomic mass is 9.99. The predicted molar refractivity (Wildman–Crippen MR) is 113 cm³/mol. The number of hydrogen-bond acceptors (Lipinski definition) is 6. The van der Waals surface area contributed by atoms with Gasteiger partial charge in [0.05, 0.1) is 12.7 Å². The van der Waals surface area contributed by atoms with Crippen LogP contribution in [0.5, 0.6) is 5.75 Å². The molecule has 1 amide bonds. The summed E-state index contributed by atoms with van der Waals surface area (Å²) in [5.41, 5.74) is 0.477. The molecule has 1 saturated heterocycles. The second-order valence-corrected chi connectivity index (χ2v) is 7.20. The number of aliphatic hydroxyl groups is 1. The molecule has 2 aromatic rings. The minimum atomic E-state index is -0.767. The smallest absolute Gasteiger partial charge is 0.295 e. The fourth-order valence-corrected chi connectivity index (χ4v) is 3.70. The van der Waals surface area contributed by atoms with E-state index in [4.69, 9.17) is 9.15 Å². The maximum absolute atomic E-state index is 12.9. The number of aryl methyl sites for hydroxylation is 1. The van der Waals surface area contributed by atoms with Gasteiger partial charge in [-0.2, -0.15) is 0 Å². The first-order chi connectivity index (χ1) is 14.4. The highest BCUT2D eigenvalue weighted by atomic mass is 16.5. The second kappa shape index (κ2) is 9.17. The number of furan rings is 1. The zero-order valence-electron chi connectivity index (χ0n) is 17.8. The monoisotopic (exact) mass is 412 g/mol. The Balaban J connectivity index is 2.05. The van der Waals surface area contributed by atoms with Crippen molar-refractivity contribution in [3.8, 4) is 5.75 Å². The van der Waals surface area contributed by atoms with E-state index in [0.29, 0.717) is 35.9 Å². The zero-order chi connectivity index (χ0) is 21.8. The number of aliphatic hydroxyl groups excluding tert-OH is 1. The molecule has 1 aliphatic rings. The van der Waals surface area contributed by atoms with Crippen molar-refractivity contribution in [1.82, 2.24) is 9.80 Å². The highest BCUT2D eigenvalue weighted by Crippen LogP contribution is 2.40. The Bertz CT molecular complexity index is 941. The summed E-state index contributed by atoms with van der Waals surface area (Å²) >= 11 is 0. The van der Waals surface area contributed by atoms with Crippen LogP contribution in [0.4, 0.5) is 0 Å². The van der Waals surface area contributed by atoms with Gasteiger partial charge in [0.15, 0.2) is 0 Å². The summed E-state index contributed by atoms with van der Waals surface area (Å²) < 4.78 is 10.9. The first kappa shape index (κ1) is 21.6. The van der Waals surface area contributed by atoms with Crippen LogP contribution in [0.3, 0.4) is 0 Å². The number of methoxy groups -OCH3 is 1. The number of hydrogen-bond donors (Lipinski definition) is 1. The van der Waals surface area contributed by atoms with Gasteiger partial charge in [-0.1, -0.05) is 13.8 Å². The molecule has 160 valence electrons. The zero-order valence-corrected chi connectivity index (χ0v) is 17.8. The molecule has 1 atom stereocenters. The molecule has 0 spiro atoms. The average molecular weight is 412 g/mol. The molecule has 0 aliphatic carbocycles. The van der Waals surface area contributed by atoms with Crippen molar-refractivity contribution in [3.63, 3.8) is 0 Å². The molecule has 7 heteroatoms. The third-order valence-electron chi connectivity index (χ3n) is 5.49. The Morgan fingerprint density at radius 3 is 2.33 bits per heavy atom. The molecule has 0 saturated carbocycles. The van der Waals surface area contributed by atoms with Gasteiger partial charge in [0.25, 0.3) is 11.7 Å². The van der Waals surface area contributed by atoms with Crippen LogP contribution in [0.2, 0.25) is 0 Å². The van der Waals surface area contributed by atoms with Crippen molar-refractivity contribution in [2.24, 2.45) is 0 Å². The number of benzene rings is 1. The van der Waals surface area contributed by atoms with E-state index < -0.39 is 17.7 Å². The summed E-state index contributed by atoms with van der Waals surface area (Å²) in [4.78, 5) is 29.5. The Hall–Kier alpha value is -3.06. The molecular formula is C23H28N2O5. The highest BCUT2D eigenvalue weighted by Gasteiger charge is 2.47. The summed E-state index contributed by atoms with van der Waals surface area (Å²) in [5.74, 6) is 0.202. The van der Waals surface area contributed by atoms with E-state index in [9.17, 15) is 14.7 Å². The average Bonchev–Trinajstić information content (AvgIpc) is 3.30. The van der Waals surface area contributed by atoms with Crippen molar-refractivity contribution in [1.29, 1.82) is 0 Å². The van der Waals surface area contributed by atoms with E-state index in [1.165, 1.54) is 4.90 Å². The fraction of sp³-hybridized carbons (Fsp3) is 0.391. The number of Topliss-reactive ketones (excluding diaryl/α,β-unsaturated/α-hetero) is 1. The molecule has 1 aromatic heterocycles. The summed E-state index contributed by atoms with van der Waals surface area (Å²) in [5, 5.41) is 11.0. The number of likely N-dealkylation sites (N-methyl/N-ethyl adjacent to an activating group) is 1. The number of ether oxygens (including phenoxy) is 1. The molecule has 0 unspecified atom stereocenters. The largest absolute Gasteiger partial charge is 0.507 e. The van der Waals surface area contributed by atoms with Crippen LogP contribution < -0.4 is 4.74 Å². The van der Waals surface area contributed by atoms with Gasteiger partial charge < -0.3 is 24.1 Å². The van der Waals surface area contributed by atoms with Crippen LogP contribution in [-0.2, 0) is 9.59 Å². The summed E-state index contributed by atoms with van der Waals surface area (Å²) in [7, 11) is 1.55. The van der Waals surface area contributed by atoms with Gasteiger partial charge >= 0.3 is 0 Å². The normalized spacial score (nSPS) is 18.4. The van der Waals surface area contributed by atoms with Gasteiger partial charge in [-0.15, -0.1) is 0 Å². The Kier molecular flexibility index (Phi) is 6.62. The number of likely N-dealkylation sites (tertiary alicyclic amines) is 1. The maximum Gasteiger partial charge on any atom is 0.295 e. The summed E-state index contributed by atoms with van der Waals surface area (Å²) in [6.45, 7) is 8.57. The van der Waals surface area contributed by atoms with Crippen LogP contribution in [-0.4, -0.2) is 59.9 Å². The number of amides is 1. The van der Waals surface area contributed by atoms with Crippen molar-refractivity contribution in [2.75, 3.05) is 33.3 Å². The quantitative estimate of drug-likeness (QED) is 0.407. The molecule has 3 rings (SSSR count). The van der Waals surface area contributed by atoms with E-state index in [-0.39, 0.29) is 11.3 Å². The number of carbonyl (C=O) groups excluding carboxylic acids is 2. The van der Waals surface area contributed by atoms with E-state index in [1.54, 1.807) is 50.4 Å². The van der Waals surface area contributed by atoms with Gasteiger partial charge in [0, 0.05) is 18.7 Å². The van der Waals surface area contributed by atoms with E-state index in [0.717, 1.165) is 13.1 Å². The second-order valence-electron chi connectivity index (χ2n) is 7.20. The van der Waals surface area contributed by atoms with E-state index in [2.05, 4.69) is 18.7 Å². The lowest BCUT2D eigenvalue weighted by molar-refractivity contribution is -0.140. The van der Waals surface area contributed by atoms with Crippen LogP contribution in [0.15, 0.2) is 46.4 Å². The van der Waals surface area contributed by atoms with E-state index in [1.807, 2.05) is 0 Å². The predicted octanol–water partition coefficient (Wildman–Crippen LogP) is 3.36. The van der Waals surface area contributed by atoms with Crippen LogP contribution >= 0.6 is 0 Å². The third kappa shape index (κ3) is 4.11. The minimum Gasteiger partial charge on any atom is -0.507 e. The fourth-order valence-electron chi connectivity index (χ4n) is 3.70. The summed E-state index contributed by atoms with van der Waals surface area (Å²) in [6.07, 6.45) is 0. The van der Waals surface area contributed by atoms with Crippen LogP contribution in [0.25, 0.3) is 5.76 Å². The Morgan fingerprint density at radius 2 is 1.80 bits per heavy atom. The van der Waals surface area contributed by atoms with Crippen molar-refractivity contribution < 1.29 is 23.8 Å². The molecule has 7 nitrogen and oxygen atoms in total. The standard InChI is InChI=1S/C23H28N2O5/c1-5-24(6-2)13-14-25-20(18-12-7-15(3)30-18)19(22(27)23(25)28)21(26)16-8-10-17(29-4)11-9-16/h7-12,20,26H,5-6,13-14H2,1-4H3/b21-19+/t20-/m1/s1. The minimum absolute atomic E-state index is 0.0408. The molecule has 30 heavy (non-hydrogen) atoms. The van der Waals surface area contributed by atoms with Crippen molar-refractivity contribution in [3.05, 3.63) is 59.1 Å². The third-order valence-corrected chi connectivity index (χ3v) is 5.49. The number of rotatable bonds is 8. The molecule has 1 fully saturated rings. The van der Waals surface area contributed by atoms with Gasteiger partial charge in [0.1, 0.15) is 29.1 Å². The highest BCUT2D eigenvalue weighted by molar-refractivity contribution is 6.46. The number of carbonyl (C=O) groups is 2. The lowest BCUT2D eigenvalue weighted by Crippen LogP contribution is -2.37. The molecule has 1 aliphatic heterocycles. The number of ketones is 1. The van der Waals surface area contributed by atoms with Gasteiger partial charge in [-0.25, -0.2) is 0 Å². The van der Waals surface area contributed by atoms with Crippen LogP contribution in [0.1, 0.15) is 37.0 Å². The van der Waals surface area contributed by atoms with Crippen molar-refractivity contribution >= 4 is 17.4 Å². The molecule has 0 bridgehead atoms. The van der Waals surface area contributed by atoms with E-state index >= 15 is 0 Å². The first-order valence-electron chi connectivity index (χ1n) is 10.1. The molecule has 0 radical (unpaired) electrons. The Morgan fingerprint density at radius 1 is 1.13 bits per heavy atom. The molecular weight excluding hydrogens is 384 g/mol. The molecule has 1 aromatic carbocycles. The number of nitrogens with zero attached hydrogens (tertiary/aromatic N) is 2. The maximum atomic E-state index is 12.9.